The minimum Gasteiger partial charge on any atom is -0.407 e. The van der Waals surface area contributed by atoms with Crippen molar-refractivity contribution in [3.05, 3.63) is 94.8 Å². The van der Waals surface area contributed by atoms with Crippen LogP contribution in [0.1, 0.15) is 27.5 Å². The third-order valence-corrected chi connectivity index (χ3v) is 5.51. The summed E-state index contributed by atoms with van der Waals surface area (Å²) >= 11 is 6.62. The van der Waals surface area contributed by atoms with Gasteiger partial charge in [-0.1, -0.05) is 29.8 Å². The lowest BCUT2D eigenvalue weighted by atomic mass is 9.95. The number of nitrogens with one attached hydrogen (secondary N) is 1. The standard InChI is InChI=1S/C25H20ClFN4O4/c1-31(2)25(33)34-23-18(14-19(26)17-6-5-13-29-22(17)23)21(30-20-7-3-4-12-28-20)15-8-10-16(11-9-15)24(32)35-27/h3-14,21H,1-2H3,(H,28,30). The maximum Gasteiger partial charge on any atom is 0.414 e. The Hall–Kier alpha value is -4.24. The normalized spacial score (nSPS) is 11.5. The fourth-order valence-corrected chi connectivity index (χ4v) is 3.76. The average Bonchev–Trinajstić information content (AvgIpc) is 2.89. The molecule has 0 fully saturated rings. The van der Waals surface area contributed by atoms with Crippen molar-refractivity contribution in [2.24, 2.45) is 0 Å². The van der Waals surface area contributed by atoms with Crippen molar-refractivity contribution in [2.45, 2.75) is 6.04 Å². The Kier molecular flexibility index (Phi) is 7.07. The molecule has 1 amide bonds. The molecule has 0 radical (unpaired) electrons. The van der Waals surface area contributed by atoms with Crippen LogP contribution in [0.4, 0.5) is 15.1 Å². The number of nitrogens with zero attached hydrogens (tertiary/aromatic N) is 3. The van der Waals surface area contributed by atoms with E-state index >= 15 is 0 Å². The van der Waals surface area contributed by atoms with Crippen LogP contribution in [-0.4, -0.2) is 41.0 Å². The van der Waals surface area contributed by atoms with Gasteiger partial charge in [0, 0.05) is 42.0 Å². The Bertz CT molecular complexity index is 1370. The predicted molar refractivity (Wildman–Crippen MR) is 129 cm³/mol. The van der Waals surface area contributed by atoms with E-state index in [0.29, 0.717) is 32.9 Å². The van der Waals surface area contributed by atoms with Crippen molar-refractivity contribution in [3.8, 4) is 5.75 Å². The number of pyridine rings is 2. The number of hydrogen-bond donors (Lipinski definition) is 1. The van der Waals surface area contributed by atoms with E-state index in [0.717, 1.165) is 0 Å². The van der Waals surface area contributed by atoms with Crippen LogP contribution in [0, 0.1) is 0 Å². The molecule has 1 atom stereocenters. The molecule has 178 valence electrons. The lowest BCUT2D eigenvalue weighted by Crippen LogP contribution is -2.26. The highest BCUT2D eigenvalue weighted by atomic mass is 35.5. The summed E-state index contributed by atoms with van der Waals surface area (Å²) in [6.45, 7) is 0. The summed E-state index contributed by atoms with van der Waals surface area (Å²) in [6.07, 6.45) is 2.61. The maximum atomic E-state index is 12.6. The number of anilines is 1. The number of benzene rings is 2. The summed E-state index contributed by atoms with van der Waals surface area (Å²) in [7, 11) is 3.14. The number of carbonyl (C=O) groups is 2. The molecule has 4 rings (SSSR count). The lowest BCUT2D eigenvalue weighted by molar-refractivity contribution is -0.0788. The van der Waals surface area contributed by atoms with Crippen molar-refractivity contribution >= 4 is 40.4 Å². The number of carbonyl (C=O) groups excluding carboxylic acids is 2. The molecule has 10 heteroatoms. The molecule has 1 N–H and O–H groups in total. The van der Waals surface area contributed by atoms with Crippen LogP contribution in [0.3, 0.4) is 0 Å². The molecule has 0 saturated carbocycles. The lowest BCUT2D eigenvalue weighted by Gasteiger charge is -2.24. The van der Waals surface area contributed by atoms with E-state index in [1.54, 1.807) is 69.0 Å². The van der Waals surface area contributed by atoms with Gasteiger partial charge in [0.05, 0.1) is 16.6 Å². The summed E-state index contributed by atoms with van der Waals surface area (Å²) in [5.74, 6) is -0.361. The second-order valence-electron chi connectivity index (χ2n) is 7.72. The molecule has 35 heavy (non-hydrogen) atoms. The monoisotopic (exact) mass is 494 g/mol. The molecule has 4 aromatic rings. The van der Waals surface area contributed by atoms with Gasteiger partial charge in [-0.15, -0.1) is 0 Å². The zero-order chi connectivity index (χ0) is 24.9. The summed E-state index contributed by atoms with van der Waals surface area (Å²) in [5.41, 5.74) is 1.59. The fourth-order valence-electron chi connectivity index (χ4n) is 3.49. The van der Waals surface area contributed by atoms with Gasteiger partial charge < -0.3 is 15.0 Å². The van der Waals surface area contributed by atoms with Crippen LogP contribution in [-0.2, 0) is 4.94 Å². The Morgan fingerprint density at radius 2 is 1.77 bits per heavy atom. The van der Waals surface area contributed by atoms with Crippen LogP contribution >= 0.6 is 11.6 Å². The molecule has 0 aliphatic carbocycles. The molecule has 2 aromatic carbocycles. The molecule has 2 aromatic heterocycles. The smallest absolute Gasteiger partial charge is 0.407 e. The van der Waals surface area contributed by atoms with Gasteiger partial charge >= 0.3 is 12.1 Å². The van der Waals surface area contributed by atoms with Gasteiger partial charge in [0.15, 0.2) is 5.75 Å². The van der Waals surface area contributed by atoms with Crippen molar-refractivity contribution < 1.29 is 23.8 Å². The van der Waals surface area contributed by atoms with E-state index in [-0.39, 0.29) is 11.3 Å². The number of ether oxygens (including phenoxy) is 1. The molecule has 1 unspecified atom stereocenters. The minimum atomic E-state index is -1.11. The highest BCUT2D eigenvalue weighted by Crippen LogP contribution is 2.40. The first-order valence-electron chi connectivity index (χ1n) is 10.5. The van der Waals surface area contributed by atoms with E-state index in [1.165, 1.54) is 17.0 Å². The van der Waals surface area contributed by atoms with Gasteiger partial charge in [-0.25, -0.2) is 19.5 Å². The second-order valence-corrected chi connectivity index (χ2v) is 8.12. The van der Waals surface area contributed by atoms with Crippen molar-refractivity contribution in [1.29, 1.82) is 0 Å². The Morgan fingerprint density at radius 1 is 1.03 bits per heavy atom. The largest absolute Gasteiger partial charge is 0.414 e. The van der Waals surface area contributed by atoms with Crippen molar-refractivity contribution in [2.75, 3.05) is 19.4 Å². The number of fused-ring (bicyclic) bond motifs is 1. The number of rotatable bonds is 6. The summed E-state index contributed by atoms with van der Waals surface area (Å²) < 4.78 is 18.1. The molecule has 0 aliphatic heterocycles. The Balaban J connectivity index is 1.92. The van der Waals surface area contributed by atoms with E-state index in [4.69, 9.17) is 16.3 Å². The number of aromatic nitrogens is 2. The number of halogens is 2. The quantitative estimate of drug-likeness (QED) is 0.373. The molecule has 8 nitrogen and oxygen atoms in total. The third-order valence-electron chi connectivity index (χ3n) is 5.20. The first kappa shape index (κ1) is 23.9. The molecule has 0 bridgehead atoms. The SMILES string of the molecule is CN(C)C(=O)Oc1c(C(Nc2ccccn2)c2ccc(C(=O)OF)cc2)cc(Cl)c2cccnc12. The van der Waals surface area contributed by atoms with Crippen LogP contribution in [0.5, 0.6) is 5.75 Å². The zero-order valence-corrected chi connectivity index (χ0v) is 19.5. The van der Waals surface area contributed by atoms with Crippen LogP contribution in [0.15, 0.2) is 73.1 Å². The zero-order valence-electron chi connectivity index (χ0n) is 18.7. The second kappa shape index (κ2) is 10.4. The van der Waals surface area contributed by atoms with Gasteiger partial charge in [-0.05, 0) is 48.0 Å². The first-order valence-corrected chi connectivity index (χ1v) is 10.8. The molecular weight excluding hydrogens is 475 g/mol. The predicted octanol–water partition coefficient (Wildman–Crippen LogP) is 5.59. The summed E-state index contributed by atoms with van der Waals surface area (Å²) in [6, 6.07) is 16.0. The topological polar surface area (TPSA) is 93.7 Å². The van der Waals surface area contributed by atoms with Crippen LogP contribution < -0.4 is 10.1 Å². The fraction of sp³-hybridized carbons (Fsp3) is 0.120. The van der Waals surface area contributed by atoms with E-state index in [2.05, 4.69) is 20.2 Å². The molecular formula is C25H20ClFN4O4. The average molecular weight is 495 g/mol. The highest BCUT2D eigenvalue weighted by molar-refractivity contribution is 6.35. The van der Waals surface area contributed by atoms with Crippen molar-refractivity contribution in [3.63, 3.8) is 0 Å². The van der Waals surface area contributed by atoms with E-state index in [1.807, 2.05) is 6.07 Å². The van der Waals surface area contributed by atoms with E-state index in [9.17, 15) is 14.1 Å². The van der Waals surface area contributed by atoms with E-state index < -0.39 is 18.1 Å². The molecule has 0 saturated heterocycles. The minimum absolute atomic E-state index is 0.0327. The maximum absolute atomic E-state index is 12.6. The van der Waals surface area contributed by atoms with Crippen LogP contribution in [0.2, 0.25) is 5.02 Å². The summed E-state index contributed by atoms with van der Waals surface area (Å²) in [4.78, 5) is 37.5. The number of hydrogen-bond acceptors (Lipinski definition) is 7. The van der Waals surface area contributed by atoms with Gasteiger partial charge in [-0.3, -0.25) is 4.98 Å². The Morgan fingerprint density at radius 3 is 2.43 bits per heavy atom. The molecule has 0 aliphatic rings. The van der Waals surface area contributed by atoms with Gasteiger partial charge in [-0.2, -0.15) is 0 Å². The van der Waals surface area contributed by atoms with Gasteiger partial charge in [0.1, 0.15) is 11.3 Å². The Labute approximate surface area is 205 Å². The summed E-state index contributed by atoms with van der Waals surface area (Å²) in [5, 5.41) is 4.33. The third kappa shape index (κ3) is 5.15. The number of amides is 1. The highest BCUT2D eigenvalue weighted by Gasteiger charge is 2.26. The van der Waals surface area contributed by atoms with Crippen LogP contribution in [0.25, 0.3) is 10.9 Å². The van der Waals surface area contributed by atoms with Gasteiger partial charge in [0.2, 0.25) is 0 Å². The van der Waals surface area contributed by atoms with Gasteiger partial charge in [0.25, 0.3) is 0 Å². The molecule has 0 spiro atoms. The first-order chi connectivity index (χ1) is 16.9. The molecule has 2 heterocycles. The van der Waals surface area contributed by atoms with Crippen molar-refractivity contribution in [1.82, 2.24) is 14.9 Å².